The Morgan fingerprint density at radius 1 is 1.00 bits per heavy atom. The van der Waals surface area contributed by atoms with Gasteiger partial charge in [0.05, 0.1) is 17.4 Å². The molecule has 3 aromatic carbocycles. The van der Waals surface area contributed by atoms with E-state index in [0.717, 1.165) is 55.4 Å². The second kappa shape index (κ2) is 11.9. The molecule has 9 nitrogen and oxygen atoms in total. The van der Waals surface area contributed by atoms with Crippen molar-refractivity contribution in [2.24, 2.45) is 0 Å². The summed E-state index contributed by atoms with van der Waals surface area (Å²) in [4.78, 5) is 33.8. The van der Waals surface area contributed by atoms with Crippen LogP contribution in [0.3, 0.4) is 0 Å². The molecule has 41 heavy (non-hydrogen) atoms. The van der Waals surface area contributed by atoms with Crippen LogP contribution in [-0.4, -0.2) is 66.4 Å². The third kappa shape index (κ3) is 6.09. The zero-order valence-corrected chi connectivity index (χ0v) is 24.0. The van der Waals surface area contributed by atoms with Crippen LogP contribution in [0.15, 0.2) is 65.5 Å². The molecule has 1 fully saturated rings. The van der Waals surface area contributed by atoms with E-state index in [1.807, 2.05) is 30.3 Å². The molecular weight excluding hydrogens is 562 g/mol. The van der Waals surface area contributed by atoms with Gasteiger partial charge in [0.1, 0.15) is 0 Å². The molecule has 212 valence electrons. The number of benzene rings is 3. The van der Waals surface area contributed by atoms with E-state index in [-0.39, 0.29) is 24.8 Å². The minimum absolute atomic E-state index is 0.112. The maximum absolute atomic E-state index is 13.2. The second-order valence-corrected chi connectivity index (χ2v) is 11.0. The maximum Gasteiger partial charge on any atom is 0.262 e. The number of H-pyrrole nitrogens is 1. The number of hydrogen-bond donors (Lipinski definition) is 2. The second-order valence-electron chi connectivity index (χ2n) is 10.2. The van der Waals surface area contributed by atoms with E-state index in [4.69, 9.17) is 33.3 Å². The SMILES string of the molecule is O=C(NCCCN1CCN(c2cccc(Cl)c2)CC1)c1ccc(Cn2c(=S)[nH]c3cc4c(cc3c2=O)OCO4)cc1. The Morgan fingerprint density at radius 3 is 2.51 bits per heavy atom. The van der Waals surface area contributed by atoms with Crippen molar-refractivity contribution in [3.63, 3.8) is 0 Å². The fourth-order valence-corrected chi connectivity index (χ4v) is 5.68. The summed E-state index contributed by atoms with van der Waals surface area (Å²) < 4.78 is 12.6. The van der Waals surface area contributed by atoms with Crippen molar-refractivity contribution in [2.45, 2.75) is 13.0 Å². The zero-order chi connectivity index (χ0) is 28.3. The highest BCUT2D eigenvalue weighted by Crippen LogP contribution is 2.34. The van der Waals surface area contributed by atoms with Crippen molar-refractivity contribution in [2.75, 3.05) is 51.0 Å². The number of carbonyl (C=O) groups excluding carboxylic acids is 1. The topological polar surface area (TPSA) is 91.8 Å². The van der Waals surface area contributed by atoms with Crippen LogP contribution < -0.4 is 25.2 Å². The largest absolute Gasteiger partial charge is 0.454 e. The molecule has 3 heterocycles. The Labute approximate surface area is 247 Å². The number of nitrogens with one attached hydrogen (secondary N) is 2. The first kappa shape index (κ1) is 27.3. The Kier molecular flexibility index (Phi) is 7.95. The zero-order valence-electron chi connectivity index (χ0n) is 22.4. The van der Waals surface area contributed by atoms with Crippen LogP contribution in [-0.2, 0) is 6.54 Å². The highest BCUT2D eigenvalue weighted by Gasteiger charge is 2.18. The van der Waals surface area contributed by atoms with Crippen LogP contribution in [0.25, 0.3) is 10.9 Å². The molecule has 0 saturated carbocycles. The minimum atomic E-state index is -0.213. The van der Waals surface area contributed by atoms with Crippen LogP contribution in [0, 0.1) is 4.77 Å². The molecule has 1 saturated heterocycles. The van der Waals surface area contributed by atoms with Gasteiger partial charge in [-0.05, 0) is 67.1 Å². The molecule has 11 heteroatoms. The average molecular weight is 592 g/mol. The number of fused-ring (bicyclic) bond motifs is 2. The number of hydrogen-bond acceptors (Lipinski definition) is 7. The first-order valence-electron chi connectivity index (χ1n) is 13.6. The third-order valence-corrected chi connectivity index (χ3v) is 8.07. The highest BCUT2D eigenvalue weighted by atomic mass is 35.5. The molecule has 1 aromatic heterocycles. The Hall–Kier alpha value is -3.86. The maximum atomic E-state index is 13.2. The predicted molar refractivity (Wildman–Crippen MR) is 162 cm³/mol. The number of aromatic amines is 1. The number of nitrogens with zero attached hydrogens (tertiary/aromatic N) is 3. The summed E-state index contributed by atoms with van der Waals surface area (Å²) in [5, 5.41) is 4.25. The predicted octanol–water partition coefficient (Wildman–Crippen LogP) is 4.43. The fraction of sp³-hybridized carbons (Fsp3) is 0.300. The lowest BCUT2D eigenvalue weighted by Gasteiger charge is -2.36. The Morgan fingerprint density at radius 2 is 1.76 bits per heavy atom. The third-order valence-electron chi connectivity index (χ3n) is 7.51. The minimum Gasteiger partial charge on any atom is -0.454 e. The molecule has 6 rings (SSSR count). The first-order chi connectivity index (χ1) is 19.9. The van der Waals surface area contributed by atoms with Gasteiger partial charge in [-0.25, -0.2) is 0 Å². The van der Waals surface area contributed by atoms with Gasteiger partial charge in [-0.3, -0.25) is 19.1 Å². The molecule has 2 N–H and O–H groups in total. The molecule has 1 amide bonds. The van der Waals surface area contributed by atoms with E-state index in [0.29, 0.717) is 39.3 Å². The molecule has 0 spiro atoms. The average Bonchev–Trinajstić information content (AvgIpc) is 3.45. The lowest BCUT2D eigenvalue weighted by molar-refractivity contribution is 0.0951. The molecule has 0 aliphatic carbocycles. The van der Waals surface area contributed by atoms with Crippen molar-refractivity contribution in [1.82, 2.24) is 19.8 Å². The summed E-state index contributed by atoms with van der Waals surface area (Å²) in [5.41, 5.74) is 2.99. The van der Waals surface area contributed by atoms with Gasteiger partial charge >= 0.3 is 0 Å². The summed E-state index contributed by atoms with van der Waals surface area (Å²) >= 11 is 11.6. The van der Waals surface area contributed by atoms with Gasteiger partial charge < -0.3 is 24.7 Å². The summed E-state index contributed by atoms with van der Waals surface area (Å²) in [6, 6.07) is 18.6. The summed E-state index contributed by atoms with van der Waals surface area (Å²) in [6.45, 7) is 5.84. The standard InChI is InChI=1S/C30H30ClN5O4S/c31-22-3-1-4-23(15-22)35-13-11-34(12-14-35)10-2-9-32-28(37)21-7-5-20(6-8-21)18-36-29(38)24-16-26-27(40-19-39-26)17-25(24)33-30(36)41/h1,3-8,15-17H,2,9-14,18-19H2,(H,32,37)(H,33,41). The van der Waals surface area contributed by atoms with Crippen molar-refractivity contribution < 1.29 is 14.3 Å². The lowest BCUT2D eigenvalue weighted by atomic mass is 10.1. The highest BCUT2D eigenvalue weighted by molar-refractivity contribution is 7.71. The van der Waals surface area contributed by atoms with Crippen LogP contribution in [0.1, 0.15) is 22.3 Å². The van der Waals surface area contributed by atoms with E-state index < -0.39 is 0 Å². The summed E-state index contributed by atoms with van der Waals surface area (Å²) in [7, 11) is 0. The smallest absolute Gasteiger partial charge is 0.262 e. The Balaban J connectivity index is 0.989. The van der Waals surface area contributed by atoms with E-state index in [2.05, 4.69) is 26.2 Å². The molecule has 0 radical (unpaired) electrons. The monoisotopic (exact) mass is 591 g/mol. The van der Waals surface area contributed by atoms with Gasteiger partial charge in [0, 0.05) is 55.1 Å². The van der Waals surface area contributed by atoms with Crippen LogP contribution >= 0.6 is 23.8 Å². The first-order valence-corrected chi connectivity index (χ1v) is 14.4. The number of amides is 1. The quantitative estimate of drug-likeness (QED) is 0.231. The number of ether oxygens (including phenoxy) is 2. The molecule has 2 aliphatic heterocycles. The van der Waals surface area contributed by atoms with E-state index in [9.17, 15) is 9.59 Å². The lowest BCUT2D eigenvalue weighted by Crippen LogP contribution is -2.47. The van der Waals surface area contributed by atoms with Gasteiger partial charge in [-0.15, -0.1) is 0 Å². The number of carbonyl (C=O) groups is 1. The van der Waals surface area contributed by atoms with E-state index in [1.54, 1.807) is 24.3 Å². The van der Waals surface area contributed by atoms with Gasteiger partial charge in [-0.1, -0.05) is 29.8 Å². The number of halogens is 1. The number of anilines is 1. The summed E-state index contributed by atoms with van der Waals surface area (Å²) in [6.07, 6.45) is 0.879. The van der Waals surface area contributed by atoms with Crippen molar-refractivity contribution in [1.29, 1.82) is 0 Å². The van der Waals surface area contributed by atoms with Crippen LogP contribution in [0.4, 0.5) is 5.69 Å². The molecule has 2 aliphatic rings. The van der Waals surface area contributed by atoms with Crippen LogP contribution in [0.5, 0.6) is 11.5 Å². The number of aromatic nitrogens is 2. The van der Waals surface area contributed by atoms with Crippen molar-refractivity contribution in [3.8, 4) is 11.5 Å². The molecule has 0 atom stereocenters. The Bertz CT molecular complexity index is 1700. The summed E-state index contributed by atoms with van der Waals surface area (Å²) in [5.74, 6) is 1.01. The molecule has 0 bridgehead atoms. The van der Waals surface area contributed by atoms with Crippen molar-refractivity contribution >= 4 is 46.3 Å². The fourth-order valence-electron chi connectivity index (χ4n) is 5.24. The molecular formula is C30H30ClN5O4S. The van der Waals surface area contributed by atoms with Crippen LogP contribution in [0.2, 0.25) is 5.02 Å². The van der Waals surface area contributed by atoms with Gasteiger partial charge in [0.15, 0.2) is 16.3 Å². The molecule has 4 aromatic rings. The van der Waals surface area contributed by atoms with Gasteiger partial charge in [-0.2, -0.15) is 0 Å². The van der Waals surface area contributed by atoms with Crippen molar-refractivity contribution in [3.05, 3.63) is 91.9 Å². The number of rotatable bonds is 8. The number of piperazine rings is 1. The molecule has 0 unspecified atom stereocenters. The normalized spacial score (nSPS) is 14.9. The van der Waals surface area contributed by atoms with Gasteiger partial charge in [0.25, 0.3) is 11.5 Å². The van der Waals surface area contributed by atoms with E-state index >= 15 is 0 Å². The van der Waals surface area contributed by atoms with E-state index in [1.165, 1.54) is 4.57 Å². The van der Waals surface area contributed by atoms with Gasteiger partial charge in [0.2, 0.25) is 6.79 Å².